The Labute approximate surface area is 134 Å². The fourth-order valence-corrected chi connectivity index (χ4v) is 4.39. The molecule has 1 N–H and O–H groups in total. The lowest BCUT2D eigenvalue weighted by Gasteiger charge is -2.19. The normalized spacial score (nSPS) is 12.6. The molecule has 2 aromatic rings. The van der Waals surface area contributed by atoms with E-state index in [0.29, 0.717) is 5.92 Å². The van der Waals surface area contributed by atoms with Gasteiger partial charge >= 0.3 is 0 Å². The molecule has 0 aliphatic heterocycles. The summed E-state index contributed by atoms with van der Waals surface area (Å²) in [4.78, 5) is 0. The molecule has 0 fully saturated rings. The smallest absolute Gasteiger partial charge is 0.0215 e. The Hall–Kier alpha value is -0.880. The second kappa shape index (κ2) is 7.94. The van der Waals surface area contributed by atoms with Gasteiger partial charge in [0.2, 0.25) is 0 Å². The van der Waals surface area contributed by atoms with Crippen molar-refractivity contribution in [3.8, 4) is 0 Å². The summed E-state index contributed by atoms with van der Waals surface area (Å²) in [6, 6.07) is 17.0. The minimum absolute atomic E-state index is 0.512. The van der Waals surface area contributed by atoms with Crippen molar-refractivity contribution in [1.82, 2.24) is 5.32 Å². The van der Waals surface area contributed by atoms with E-state index in [4.69, 9.17) is 11.2 Å². The lowest BCUT2D eigenvalue weighted by Crippen LogP contribution is -2.20. The van der Waals surface area contributed by atoms with Crippen LogP contribution >= 0.6 is 18.5 Å². The molecular weight excluding hydrogens is 297 g/mol. The summed E-state index contributed by atoms with van der Waals surface area (Å²) in [6.45, 7) is 8.34. The minimum atomic E-state index is -0.608. The van der Waals surface area contributed by atoms with Crippen molar-refractivity contribution in [1.29, 1.82) is 0 Å². The van der Waals surface area contributed by atoms with Gasteiger partial charge < -0.3 is 5.32 Å². The number of hydrogen-bond acceptors (Lipinski definition) is 1. The highest BCUT2D eigenvalue weighted by atomic mass is 35.7. The molecule has 0 aliphatic rings. The number of hydrogen-bond donors (Lipinski definition) is 1. The maximum atomic E-state index is 6.49. The first-order valence-electron chi connectivity index (χ1n) is 7.35. The van der Waals surface area contributed by atoms with Crippen LogP contribution in [0.15, 0.2) is 48.5 Å². The van der Waals surface area contributed by atoms with Gasteiger partial charge in [0.15, 0.2) is 0 Å². The molecule has 2 aromatic carbocycles. The predicted octanol–water partition coefficient (Wildman–Crippen LogP) is 4.99. The summed E-state index contributed by atoms with van der Waals surface area (Å²) in [5.74, 6) is 0.512. The lowest BCUT2D eigenvalue weighted by molar-refractivity contribution is 0.694. The predicted molar refractivity (Wildman–Crippen MR) is 95.8 cm³/mol. The quantitative estimate of drug-likeness (QED) is 0.740. The van der Waals surface area contributed by atoms with Crippen LogP contribution in [0.25, 0.3) is 0 Å². The van der Waals surface area contributed by atoms with Crippen molar-refractivity contribution < 1.29 is 0 Å². The van der Waals surface area contributed by atoms with Gasteiger partial charge in [-0.3, -0.25) is 0 Å². The maximum Gasteiger partial charge on any atom is 0.0215 e. The summed E-state index contributed by atoms with van der Waals surface area (Å²) in [7, 11) is -0.608. The number of benzene rings is 2. The van der Waals surface area contributed by atoms with Crippen molar-refractivity contribution >= 4 is 23.8 Å². The molecule has 0 spiro atoms. The topological polar surface area (TPSA) is 12.0 Å². The molecule has 0 saturated heterocycles. The third kappa shape index (κ3) is 4.54. The molecule has 0 saturated carbocycles. The highest BCUT2D eigenvalue weighted by molar-refractivity contribution is 7.89. The first kappa shape index (κ1) is 16.5. The van der Waals surface area contributed by atoms with Crippen LogP contribution < -0.4 is 10.6 Å². The second-order valence-electron chi connectivity index (χ2n) is 5.58. The summed E-state index contributed by atoms with van der Waals surface area (Å²) in [6.07, 6.45) is 0. The summed E-state index contributed by atoms with van der Waals surface area (Å²) >= 11 is 6.49. The summed E-state index contributed by atoms with van der Waals surface area (Å²) < 4.78 is 0. The third-order valence-corrected chi connectivity index (χ3v) is 5.24. The molecule has 1 nitrogen and oxygen atoms in total. The Bertz CT molecular complexity index is 567. The first-order chi connectivity index (χ1) is 10.1. The molecule has 21 heavy (non-hydrogen) atoms. The Balaban J connectivity index is 2.11. The van der Waals surface area contributed by atoms with Gasteiger partial charge in [-0.15, -0.1) is 0 Å². The zero-order chi connectivity index (χ0) is 15.2. The number of nitrogens with one attached hydrogen (secondary N) is 1. The van der Waals surface area contributed by atoms with Crippen LogP contribution in [0, 0.1) is 0 Å². The van der Waals surface area contributed by atoms with Gasteiger partial charge in [0, 0.05) is 20.4 Å². The highest BCUT2D eigenvalue weighted by Crippen LogP contribution is 2.39. The van der Waals surface area contributed by atoms with Crippen LogP contribution in [0.5, 0.6) is 0 Å². The largest absolute Gasteiger partial charge is 0.309 e. The van der Waals surface area contributed by atoms with E-state index in [-0.39, 0.29) is 0 Å². The van der Waals surface area contributed by atoms with Crippen molar-refractivity contribution in [2.75, 3.05) is 6.66 Å². The third-order valence-electron chi connectivity index (χ3n) is 3.57. The van der Waals surface area contributed by atoms with E-state index >= 15 is 0 Å². The van der Waals surface area contributed by atoms with Crippen LogP contribution in [-0.4, -0.2) is 6.66 Å². The molecule has 0 radical (unpaired) electrons. The SMILES string of the molecule is CC(C)c1cccc(CNCc2ccccc2)c1[P@@](C)Cl. The molecule has 1 atom stereocenters. The first-order valence-corrected chi connectivity index (χ1v) is 10.0. The summed E-state index contributed by atoms with van der Waals surface area (Å²) in [5.41, 5.74) is 4.03. The summed E-state index contributed by atoms with van der Waals surface area (Å²) in [5, 5.41) is 4.88. The van der Waals surface area contributed by atoms with Crippen LogP contribution in [-0.2, 0) is 13.1 Å². The van der Waals surface area contributed by atoms with Crippen LogP contribution in [0.1, 0.15) is 36.5 Å². The molecule has 0 aromatic heterocycles. The van der Waals surface area contributed by atoms with Gasteiger partial charge in [-0.25, -0.2) is 0 Å². The van der Waals surface area contributed by atoms with E-state index in [0.717, 1.165) is 13.1 Å². The van der Waals surface area contributed by atoms with Gasteiger partial charge in [0.05, 0.1) is 0 Å². The molecule has 0 bridgehead atoms. The average molecular weight is 320 g/mol. The Morgan fingerprint density at radius 1 is 1.00 bits per heavy atom. The molecule has 2 rings (SSSR count). The molecule has 0 unspecified atom stereocenters. The van der Waals surface area contributed by atoms with Gasteiger partial charge in [-0.1, -0.05) is 73.6 Å². The zero-order valence-electron chi connectivity index (χ0n) is 12.9. The van der Waals surface area contributed by atoms with Crippen LogP contribution in [0.2, 0.25) is 0 Å². The van der Waals surface area contributed by atoms with Crippen molar-refractivity contribution in [2.45, 2.75) is 32.9 Å². The van der Waals surface area contributed by atoms with Gasteiger partial charge in [0.1, 0.15) is 0 Å². The van der Waals surface area contributed by atoms with E-state index in [1.807, 2.05) is 6.07 Å². The van der Waals surface area contributed by atoms with E-state index in [2.05, 4.69) is 68.3 Å². The van der Waals surface area contributed by atoms with E-state index in [1.54, 1.807) is 0 Å². The Morgan fingerprint density at radius 3 is 2.33 bits per heavy atom. The highest BCUT2D eigenvalue weighted by Gasteiger charge is 2.15. The lowest BCUT2D eigenvalue weighted by atomic mass is 10.0. The Morgan fingerprint density at radius 2 is 1.71 bits per heavy atom. The Kier molecular flexibility index (Phi) is 6.23. The van der Waals surface area contributed by atoms with Crippen molar-refractivity contribution in [2.24, 2.45) is 0 Å². The number of halogens is 1. The maximum absolute atomic E-state index is 6.49. The van der Waals surface area contributed by atoms with Gasteiger partial charge in [0.25, 0.3) is 0 Å². The van der Waals surface area contributed by atoms with E-state index < -0.39 is 7.27 Å². The molecule has 0 heterocycles. The van der Waals surface area contributed by atoms with E-state index in [9.17, 15) is 0 Å². The molecule has 0 aliphatic carbocycles. The van der Waals surface area contributed by atoms with Crippen molar-refractivity contribution in [3.63, 3.8) is 0 Å². The molecule has 112 valence electrons. The van der Waals surface area contributed by atoms with Crippen LogP contribution in [0.4, 0.5) is 0 Å². The van der Waals surface area contributed by atoms with E-state index in [1.165, 1.54) is 22.0 Å². The van der Waals surface area contributed by atoms with Gasteiger partial charge in [-0.05, 0) is 34.6 Å². The van der Waals surface area contributed by atoms with Gasteiger partial charge in [-0.2, -0.15) is 0 Å². The minimum Gasteiger partial charge on any atom is -0.309 e. The fraction of sp³-hybridized carbons (Fsp3) is 0.333. The molecule has 3 heteroatoms. The fourth-order valence-electron chi connectivity index (χ4n) is 2.53. The second-order valence-corrected chi connectivity index (χ2v) is 8.50. The standard InChI is InChI=1S/C18H23ClNP/c1-14(2)17-11-7-10-16(18(17)21(3)19)13-20-12-15-8-5-4-6-9-15/h4-11,14,20H,12-13H2,1-3H3/t21-/m1/s1. The molecule has 0 amide bonds. The van der Waals surface area contributed by atoms with Crippen LogP contribution in [0.3, 0.4) is 0 Å². The number of rotatable bonds is 6. The monoisotopic (exact) mass is 319 g/mol. The zero-order valence-corrected chi connectivity index (χ0v) is 14.6. The molecular formula is C18H23ClNP. The van der Waals surface area contributed by atoms with Crippen molar-refractivity contribution in [3.05, 3.63) is 65.2 Å². The average Bonchev–Trinajstić information content (AvgIpc) is 2.47.